The molecule has 0 aliphatic heterocycles. The zero-order valence-corrected chi connectivity index (χ0v) is 8.75. The van der Waals surface area contributed by atoms with Crippen molar-refractivity contribution in [3.8, 4) is 17.6 Å². The molecule has 14 heavy (non-hydrogen) atoms. The summed E-state index contributed by atoms with van der Waals surface area (Å²) in [5.74, 6) is 6.76. The number of phenolic OH excluding ortho intramolecular Hbond substituents is 1. The lowest BCUT2D eigenvalue weighted by atomic mass is 9.95. The molecule has 74 valence electrons. The first-order valence-corrected chi connectivity index (χ1v) is 4.99. The van der Waals surface area contributed by atoms with E-state index in [1.54, 1.807) is 12.1 Å². The molecule has 1 N–H and O–H groups in total. The number of aromatic hydroxyl groups is 1. The van der Waals surface area contributed by atoms with Gasteiger partial charge in [0.15, 0.2) is 0 Å². The Bertz CT molecular complexity index is 326. The van der Waals surface area contributed by atoms with Crippen molar-refractivity contribution in [3.05, 3.63) is 29.8 Å². The minimum atomic E-state index is 0.311. The molecule has 1 heteroatoms. The SMILES string of the molecule is CC#CC(CCC)c1ccc(O)cc1. The third kappa shape index (κ3) is 2.81. The summed E-state index contributed by atoms with van der Waals surface area (Å²) in [6.45, 7) is 4.02. The molecule has 1 unspecified atom stereocenters. The van der Waals surface area contributed by atoms with E-state index < -0.39 is 0 Å². The Morgan fingerprint density at radius 3 is 2.43 bits per heavy atom. The average Bonchev–Trinajstić information content (AvgIpc) is 2.19. The molecule has 1 atom stereocenters. The van der Waals surface area contributed by atoms with Crippen LogP contribution in [0.1, 0.15) is 38.2 Å². The van der Waals surface area contributed by atoms with Gasteiger partial charge in [0, 0.05) is 5.92 Å². The molecule has 1 nitrogen and oxygen atoms in total. The van der Waals surface area contributed by atoms with E-state index in [0.717, 1.165) is 12.8 Å². The van der Waals surface area contributed by atoms with Crippen LogP contribution >= 0.6 is 0 Å². The Kier molecular flexibility index (Phi) is 4.07. The summed E-state index contributed by atoms with van der Waals surface area (Å²) in [7, 11) is 0. The molecule has 0 saturated carbocycles. The third-order valence-corrected chi connectivity index (χ3v) is 2.19. The second-order valence-electron chi connectivity index (χ2n) is 3.33. The Labute approximate surface area is 85.8 Å². The van der Waals surface area contributed by atoms with E-state index >= 15 is 0 Å². The first kappa shape index (κ1) is 10.7. The highest BCUT2D eigenvalue weighted by Crippen LogP contribution is 2.22. The maximum absolute atomic E-state index is 9.16. The van der Waals surface area contributed by atoms with E-state index in [2.05, 4.69) is 18.8 Å². The molecule has 0 fully saturated rings. The summed E-state index contributed by atoms with van der Waals surface area (Å²) < 4.78 is 0. The fourth-order valence-electron chi connectivity index (χ4n) is 1.49. The normalized spacial score (nSPS) is 11.6. The van der Waals surface area contributed by atoms with Crippen molar-refractivity contribution in [1.29, 1.82) is 0 Å². The number of hydrogen-bond donors (Lipinski definition) is 1. The van der Waals surface area contributed by atoms with Gasteiger partial charge in [-0.05, 0) is 31.0 Å². The topological polar surface area (TPSA) is 20.2 Å². The molecule has 0 heterocycles. The molecular weight excluding hydrogens is 172 g/mol. The van der Waals surface area contributed by atoms with Crippen LogP contribution in [-0.4, -0.2) is 5.11 Å². The molecule has 0 amide bonds. The van der Waals surface area contributed by atoms with Crippen LogP contribution in [0.15, 0.2) is 24.3 Å². The van der Waals surface area contributed by atoms with Gasteiger partial charge >= 0.3 is 0 Å². The molecule has 1 aromatic carbocycles. The highest BCUT2D eigenvalue weighted by molar-refractivity contribution is 5.32. The van der Waals surface area contributed by atoms with Gasteiger partial charge in [0.1, 0.15) is 5.75 Å². The second kappa shape index (κ2) is 5.34. The Morgan fingerprint density at radius 1 is 1.29 bits per heavy atom. The van der Waals surface area contributed by atoms with Gasteiger partial charge in [-0.3, -0.25) is 0 Å². The van der Waals surface area contributed by atoms with Crippen molar-refractivity contribution < 1.29 is 5.11 Å². The molecule has 0 saturated heterocycles. The van der Waals surface area contributed by atoms with Crippen LogP contribution in [0.4, 0.5) is 0 Å². The van der Waals surface area contributed by atoms with E-state index in [9.17, 15) is 0 Å². The molecule has 0 spiro atoms. The van der Waals surface area contributed by atoms with Crippen molar-refractivity contribution in [2.45, 2.75) is 32.6 Å². The molecular formula is C13H16O. The molecule has 0 aliphatic rings. The molecule has 0 radical (unpaired) electrons. The number of benzene rings is 1. The number of phenols is 1. The van der Waals surface area contributed by atoms with Crippen LogP contribution < -0.4 is 0 Å². The first-order chi connectivity index (χ1) is 6.77. The third-order valence-electron chi connectivity index (χ3n) is 2.19. The number of hydrogen-bond acceptors (Lipinski definition) is 1. The van der Waals surface area contributed by atoms with E-state index in [-0.39, 0.29) is 0 Å². The first-order valence-electron chi connectivity index (χ1n) is 4.99. The van der Waals surface area contributed by atoms with Gasteiger partial charge < -0.3 is 5.11 Å². The standard InChI is InChI=1S/C13H16O/c1-3-5-11(6-4-2)12-7-9-13(14)10-8-12/h7-11,14H,3,5H2,1-2H3. The van der Waals surface area contributed by atoms with E-state index in [1.165, 1.54) is 5.56 Å². The zero-order valence-electron chi connectivity index (χ0n) is 8.75. The van der Waals surface area contributed by atoms with E-state index in [1.807, 2.05) is 19.1 Å². The van der Waals surface area contributed by atoms with Gasteiger partial charge in [0.25, 0.3) is 0 Å². The Morgan fingerprint density at radius 2 is 1.93 bits per heavy atom. The van der Waals surface area contributed by atoms with Crippen molar-refractivity contribution in [2.75, 3.05) is 0 Å². The van der Waals surface area contributed by atoms with Gasteiger partial charge in [0.2, 0.25) is 0 Å². The van der Waals surface area contributed by atoms with Crippen LogP contribution in [0.3, 0.4) is 0 Å². The molecule has 0 bridgehead atoms. The Hall–Kier alpha value is -1.42. The predicted molar refractivity (Wildman–Crippen MR) is 59.2 cm³/mol. The van der Waals surface area contributed by atoms with Crippen LogP contribution in [0.2, 0.25) is 0 Å². The van der Waals surface area contributed by atoms with Gasteiger partial charge in [-0.1, -0.05) is 31.4 Å². The second-order valence-corrected chi connectivity index (χ2v) is 3.33. The quantitative estimate of drug-likeness (QED) is 0.721. The summed E-state index contributed by atoms with van der Waals surface area (Å²) >= 11 is 0. The minimum Gasteiger partial charge on any atom is -0.508 e. The summed E-state index contributed by atoms with van der Waals surface area (Å²) in [6, 6.07) is 7.32. The van der Waals surface area contributed by atoms with Gasteiger partial charge in [-0.25, -0.2) is 0 Å². The summed E-state index contributed by atoms with van der Waals surface area (Å²) in [6.07, 6.45) is 2.20. The average molecular weight is 188 g/mol. The summed E-state index contributed by atoms with van der Waals surface area (Å²) in [4.78, 5) is 0. The van der Waals surface area contributed by atoms with Crippen molar-refractivity contribution >= 4 is 0 Å². The van der Waals surface area contributed by atoms with Crippen molar-refractivity contribution in [1.82, 2.24) is 0 Å². The predicted octanol–water partition coefficient (Wildman–Crippen LogP) is 3.30. The largest absolute Gasteiger partial charge is 0.508 e. The van der Waals surface area contributed by atoms with Crippen LogP contribution in [0.5, 0.6) is 5.75 Å². The lowest BCUT2D eigenvalue weighted by molar-refractivity contribution is 0.475. The molecule has 1 rings (SSSR count). The van der Waals surface area contributed by atoms with Crippen LogP contribution in [0, 0.1) is 11.8 Å². The van der Waals surface area contributed by atoms with Crippen molar-refractivity contribution in [2.24, 2.45) is 0 Å². The number of rotatable bonds is 3. The van der Waals surface area contributed by atoms with E-state index in [4.69, 9.17) is 5.11 Å². The summed E-state index contributed by atoms with van der Waals surface area (Å²) in [5.41, 5.74) is 1.19. The lowest BCUT2D eigenvalue weighted by Crippen LogP contribution is -1.94. The van der Waals surface area contributed by atoms with Crippen LogP contribution in [-0.2, 0) is 0 Å². The van der Waals surface area contributed by atoms with Gasteiger partial charge in [-0.2, -0.15) is 0 Å². The van der Waals surface area contributed by atoms with Gasteiger partial charge in [-0.15, -0.1) is 5.92 Å². The Balaban J connectivity index is 2.85. The maximum Gasteiger partial charge on any atom is 0.115 e. The lowest BCUT2D eigenvalue weighted by Gasteiger charge is -2.09. The highest BCUT2D eigenvalue weighted by atomic mass is 16.3. The van der Waals surface area contributed by atoms with Crippen molar-refractivity contribution in [3.63, 3.8) is 0 Å². The highest BCUT2D eigenvalue weighted by Gasteiger charge is 2.06. The minimum absolute atomic E-state index is 0.311. The monoisotopic (exact) mass is 188 g/mol. The van der Waals surface area contributed by atoms with Gasteiger partial charge in [0.05, 0.1) is 0 Å². The smallest absolute Gasteiger partial charge is 0.115 e. The fourth-order valence-corrected chi connectivity index (χ4v) is 1.49. The zero-order chi connectivity index (χ0) is 10.4. The maximum atomic E-state index is 9.16. The molecule has 0 aliphatic carbocycles. The van der Waals surface area contributed by atoms with Crippen LogP contribution in [0.25, 0.3) is 0 Å². The molecule has 1 aromatic rings. The molecule has 0 aromatic heterocycles. The van der Waals surface area contributed by atoms with E-state index in [0.29, 0.717) is 11.7 Å². The fraction of sp³-hybridized carbons (Fsp3) is 0.385. The summed E-state index contributed by atoms with van der Waals surface area (Å²) in [5, 5.41) is 9.16.